The van der Waals surface area contributed by atoms with Crippen LogP contribution in [0.25, 0.3) is 0 Å². The molecule has 1 heterocycles. The highest BCUT2D eigenvalue weighted by Crippen LogP contribution is 2.23. The van der Waals surface area contributed by atoms with Crippen LogP contribution in [0.3, 0.4) is 0 Å². The number of nitrogens with zero attached hydrogens (tertiary/aromatic N) is 1. The fourth-order valence-corrected chi connectivity index (χ4v) is 3.77. The van der Waals surface area contributed by atoms with Crippen molar-refractivity contribution in [2.24, 2.45) is 11.7 Å². The first kappa shape index (κ1) is 19.2. The Labute approximate surface area is 147 Å². The smallest absolute Gasteiger partial charge is 0.255 e. The molecule has 1 aromatic carbocycles. The second-order valence-corrected chi connectivity index (χ2v) is 8.10. The Morgan fingerprint density at radius 3 is 2.60 bits per heavy atom. The van der Waals surface area contributed by atoms with Crippen molar-refractivity contribution < 1.29 is 22.7 Å². The Morgan fingerprint density at radius 2 is 2.00 bits per heavy atom. The van der Waals surface area contributed by atoms with Gasteiger partial charge in [0.05, 0.1) is 5.75 Å². The lowest BCUT2D eigenvalue weighted by atomic mass is 9.97. The van der Waals surface area contributed by atoms with Crippen LogP contribution in [0.2, 0.25) is 0 Å². The summed E-state index contributed by atoms with van der Waals surface area (Å²) in [6.07, 6.45) is 0.978. The van der Waals surface area contributed by atoms with Crippen LogP contribution in [0.1, 0.15) is 19.8 Å². The topological polar surface area (TPSA) is 119 Å². The molecule has 1 aliphatic heterocycles. The second-order valence-electron chi connectivity index (χ2n) is 5.85. The zero-order valence-corrected chi connectivity index (χ0v) is 14.9. The Kier molecular flexibility index (Phi) is 6.38. The van der Waals surface area contributed by atoms with Gasteiger partial charge in [-0.1, -0.05) is 6.07 Å². The highest BCUT2D eigenvalue weighted by molar-refractivity contribution is 7.89. The molecular formula is C16H23N3O5S. The summed E-state index contributed by atoms with van der Waals surface area (Å²) >= 11 is 0. The molecule has 1 saturated heterocycles. The first-order chi connectivity index (χ1) is 11.8. The van der Waals surface area contributed by atoms with Gasteiger partial charge in [-0.15, -0.1) is 0 Å². The van der Waals surface area contributed by atoms with E-state index in [0.717, 1.165) is 0 Å². The fraction of sp³-hybridized carbons (Fsp3) is 0.500. The second kappa shape index (κ2) is 8.30. The number of piperidine rings is 1. The van der Waals surface area contributed by atoms with Crippen LogP contribution >= 0.6 is 0 Å². The molecule has 0 atom stereocenters. The minimum absolute atomic E-state index is 0.0714. The van der Waals surface area contributed by atoms with Crippen LogP contribution in [0.15, 0.2) is 24.3 Å². The van der Waals surface area contributed by atoms with Crippen molar-refractivity contribution in [1.29, 1.82) is 0 Å². The summed E-state index contributed by atoms with van der Waals surface area (Å²) < 4.78 is 30.3. The van der Waals surface area contributed by atoms with Crippen molar-refractivity contribution in [3.63, 3.8) is 0 Å². The summed E-state index contributed by atoms with van der Waals surface area (Å²) in [5.41, 5.74) is 5.58. The number of amides is 2. The van der Waals surface area contributed by atoms with E-state index in [1.54, 1.807) is 31.2 Å². The number of hydrogen-bond acceptors (Lipinski definition) is 5. The number of ether oxygens (including phenoxy) is 1. The monoisotopic (exact) mass is 369 g/mol. The zero-order chi connectivity index (χ0) is 18.4. The van der Waals surface area contributed by atoms with Gasteiger partial charge in [0.1, 0.15) is 5.75 Å². The fourth-order valence-electron chi connectivity index (χ4n) is 2.64. The van der Waals surface area contributed by atoms with Crippen LogP contribution in [0, 0.1) is 5.92 Å². The van der Waals surface area contributed by atoms with E-state index in [4.69, 9.17) is 10.5 Å². The molecule has 2 amide bonds. The molecule has 1 aliphatic rings. The van der Waals surface area contributed by atoms with Crippen molar-refractivity contribution in [3.05, 3.63) is 24.3 Å². The predicted octanol–water partition coefficient (Wildman–Crippen LogP) is 0.551. The number of rotatable bonds is 7. The Hall–Kier alpha value is -2.13. The molecule has 138 valence electrons. The lowest BCUT2D eigenvalue weighted by Gasteiger charge is -2.30. The third kappa shape index (κ3) is 5.43. The normalized spacial score (nSPS) is 16.4. The molecule has 0 radical (unpaired) electrons. The van der Waals surface area contributed by atoms with E-state index in [-0.39, 0.29) is 24.2 Å². The summed E-state index contributed by atoms with van der Waals surface area (Å²) in [7, 11) is -3.20. The molecule has 0 aromatic heterocycles. The van der Waals surface area contributed by atoms with Gasteiger partial charge < -0.3 is 15.8 Å². The number of nitrogens with two attached hydrogens (primary N) is 1. The molecule has 25 heavy (non-hydrogen) atoms. The van der Waals surface area contributed by atoms with Crippen LogP contribution in [-0.4, -0.2) is 50.0 Å². The zero-order valence-electron chi connectivity index (χ0n) is 14.1. The highest BCUT2D eigenvalue weighted by atomic mass is 32.2. The maximum atomic E-state index is 12.4. The average molecular weight is 369 g/mol. The summed E-state index contributed by atoms with van der Waals surface area (Å²) in [6.45, 7) is 2.09. The van der Waals surface area contributed by atoms with Crippen LogP contribution in [0.4, 0.5) is 5.69 Å². The van der Waals surface area contributed by atoms with E-state index in [2.05, 4.69) is 5.32 Å². The van der Waals surface area contributed by atoms with Gasteiger partial charge in [0.25, 0.3) is 5.91 Å². The number of sulfonamides is 1. The van der Waals surface area contributed by atoms with Crippen molar-refractivity contribution in [2.75, 3.05) is 30.8 Å². The van der Waals surface area contributed by atoms with E-state index in [0.29, 0.717) is 37.4 Å². The number of anilines is 1. The number of hydrogen-bond donors (Lipinski definition) is 2. The van der Waals surface area contributed by atoms with E-state index < -0.39 is 15.9 Å². The SMILES string of the molecule is CCS(=O)(=O)N1CCC(C(=O)Nc2cccc(OCC(N)=O)c2)CC1. The van der Waals surface area contributed by atoms with Gasteiger partial charge in [0, 0.05) is 30.8 Å². The van der Waals surface area contributed by atoms with Crippen LogP contribution < -0.4 is 15.8 Å². The predicted molar refractivity (Wildman–Crippen MR) is 93.5 cm³/mol. The molecule has 9 heteroatoms. The van der Waals surface area contributed by atoms with E-state index in [1.165, 1.54) is 4.31 Å². The van der Waals surface area contributed by atoms with Gasteiger partial charge in [-0.05, 0) is 31.9 Å². The van der Waals surface area contributed by atoms with Crippen molar-refractivity contribution in [2.45, 2.75) is 19.8 Å². The maximum absolute atomic E-state index is 12.4. The Balaban J connectivity index is 1.90. The van der Waals surface area contributed by atoms with Gasteiger partial charge in [0.2, 0.25) is 15.9 Å². The Bertz CT molecular complexity index is 727. The first-order valence-corrected chi connectivity index (χ1v) is 9.72. The van der Waals surface area contributed by atoms with Gasteiger partial charge in [-0.2, -0.15) is 0 Å². The van der Waals surface area contributed by atoms with Crippen molar-refractivity contribution >= 4 is 27.5 Å². The van der Waals surface area contributed by atoms with Crippen molar-refractivity contribution in [3.8, 4) is 5.75 Å². The summed E-state index contributed by atoms with van der Waals surface area (Å²) in [5.74, 6) is -0.468. The number of primary amides is 1. The molecule has 2 rings (SSSR count). The number of nitrogens with one attached hydrogen (secondary N) is 1. The molecule has 1 aromatic rings. The first-order valence-electron chi connectivity index (χ1n) is 8.11. The molecular weight excluding hydrogens is 346 g/mol. The molecule has 3 N–H and O–H groups in total. The molecule has 0 saturated carbocycles. The minimum Gasteiger partial charge on any atom is -0.484 e. The largest absolute Gasteiger partial charge is 0.484 e. The maximum Gasteiger partial charge on any atom is 0.255 e. The number of benzene rings is 1. The lowest BCUT2D eigenvalue weighted by molar-refractivity contribution is -0.121. The molecule has 0 aliphatic carbocycles. The minimum atomic E-state index is -3.20. The van der Waals surface area contributed by atoms with Gasteiger partial charge in [-0.3, -0.25) is 9.59 Å². The van der Waals surface area contributed by atoms with E-state index >= 15 is 0 Å². The standard InChI is InChI=1S/C16H23N3O5S/c1-2-25(22,23)19-8-6-12(7-9-19)16(21)18-13-4-3-5-14(10-13)24-11-15(17)20/h3-5,10,12H,2,6-9,11H2,1H3,(H2,17,20)(H,18,21). The average Bonchev–Trinajstić information content (AvgIpc) is 2.60. The number of carbonyl (C=O) groups is 2. The summed E-state index contributed by atoms with van der Waals surface area (Å²) in [4.78, 5) is 23.1. The van der Waals surface area contributed by atoms with Crippen LogP contribution in [0.5, 0.6) is 5.75 Å². The molecule has 1 fully saturated rings. The van der Waals surface area contributed by atoms with Gasteiger partial charge >= 0.3 is 0 Å². The van der Waals surface area contributed by atoms with Crippen molar-refractivity contribution in [1.82, 2.24) is 4.31 Å². The van der Waals surface area contributed by atoms with Gasteiger partial charge in [-0.25, -0.2) is 12.7 Å². The van der Waals surface area contributed by atoms with E-state index in [9.17, 15) is 18.0 Å². The lowest BCUT2D eigenvalue weighted by Crippen LogP contribution is -2.42. The van der Waals surface area contributed by atoms with Crippen LogP contribution in [-0.2, 0) is 19.6 Å². The summed E-state index contributed by atoms with van der Waals surface area (Å²) in [5, 5.41) is 2.80. The molecule has 0 bridgehead atoms. The summed E-state index contributed by atoms with van der Waals surface area (Å²) in [6, 6.07) is 6.68. The number of carbonyl (C=O) groups excluding carboxylic acids is 2. The highest BCUT2D eigenvalue weighted by Gasteiger charge is 2.30. The third-order valence-corrected chi connectivity index (χ3v) is 5.95. The quantitative estimate of drug-likeness (QED) is 0.727. The molecule has 0 unspecified atom stereocenters. The molecule has 0 spiro atoms. The van der Waals surface area contributed by atoms with Gasteiger partial charge in [0.15, 0.2) is 6.61 Å². The van der Waals surface area contributed by atoms with E-state index in [1.807, 2.05) is 0 Å². The molecule has 8 nitrogen and oxygen atoms in total. The Morgan fingerprint density at radius 1 is 1.32 bits per heavy atom. The third-order valence-electron chi connectivity index (χ3n) is 4.07.